The van der Waals surface area contributed by atoms with Crippen molar-refractivity contribution in [1.82, 2.24) is 5.32 Å². The highest BCUT2D eigenvalue weighted by Crippen LogP contribution is 2.15. The molecule has 0 amide bonds. The van der Waals surface area contributed by atoms with Gasteiger partial charge in [-0.2, -0.15) is 0 Å². The maximum absolute atomic E-state index is 5.53. The van der Waals surface area contributed by atoms with E-state index < -0.39 is 0 Å². The first-order valence-corrected chi connectivity index (χ1v) is 7.83. The van der Waals surface area contributed by atoms with Crippen molar-refractivity contribution in [3.05, 3.63) is 0 Å². The highest BCUT2D eigenvalue weighted by Gasteiger charge is 2.20. The maximum Gasteiger partial charge on any atom is 0.159 e. The summed E-state index contributed by atoms with van der Waals surface area (Å²) in [6, 6.07) is 0.560. The van der Waals surface area contributed by atoms with Gasteiger partial charge in [0.25, 0.3) is 0 Å². The fourth-order valence-corrected chi connectivity index (χ4v) is 2.54. The van der Waals surface area contributed by atoms with Gasteiger partial charge < -0.3 is 14.8 Å². The van der Waals surface area contributed by atoms with Crippen LogP contribution in [0.1, 0.15) is 65.2 Å². The molecular weight excluding hydrogens is 226 g/mol. The van der Waals surface area contributed by atoms with Gasteiger partial charge in [-0.05, 0) is 13.0 Å². The summed E-state index contributed by atoms with van der Waals surface area (Å²) in [5, 5.41) is 3.55. The molecule has 0 aromatic heterocycles. The predicted octanol–water partition coefficient (Wildman–Crippen LogP) is 3.48. The molecule has 1 rings (SSSR count). The quantitative estimate of drug-likeness (QED) is 0.575. The third-order valence-electron chi connectivity index (χ3n) is 3.57. The number of hydrogen-bond acceptors (Lipinski definition) is 3. The van der Waals surface area contributed by atoms with Crippen LogP contribution in [-0.4, -0.2) is 32.1 Å². The summed E-state index contributed by atoms with van der Waals surface area (Å²) in [5.74, 6) is 0. The molecule has 3 nitrogen and oxygen atoms in total. The molecule has 108 valence electrons. The Morgan fingerprint density at radius 2 is 1.67 bits per heavy atom. The summed E-state index contributed by atoms with van der Waals surface area (Å²) in [6.45, 7) is 7.00. The number of ether oxygens (including phenoxy) is 2. The number of nitrogens with one attached hydrogen (secondary N) is 1. The third-order valence-corrected chi connectivity index (χ3v) is 3.57. The summed E-state index contributed by atoms with van der Waals surface area (Å²) in [4.78, 5) is 0. The van der Waals surface area contributed by atoms with Crippen LogP contribution in [0.5, 0.6) is 0 Å². The Morgan fingerprint density at radius 3 is 2.33 bits per heavy atom. The Labute approximate surface area is 113 Å². The maximum atomic E-state index is 5.53. The molecule has 1 aliphatic heterocycles. The zero-order valence-electron chi connectivity index (χ0n) is 12.2. The largest absolute Gasteiger partial charge is 0.350 e. The van der Waals surface area contributed by atoms with Crippen molar-refractivity contribution in [3.63, 3.8) is 0 Å². The lowest BCUT2D eigenvalue weighted by Gasteiger charge is -2.20. The van der Waals surface area contributed by atoms with Gasteiger partial charge in [0.1, 0.15) is 0 Å². The molecular formula is C15H31NO2. The molecule has 18 heavy (non-hydrogen) atoms. The molecule has 0 aromatic carbocycles. The van der Waals surface area contributed by atoms with Gasteiger partial charge in [0.05, 0.1) is 13.2 Å². The van der Waals surface area contributed by atoms with E-state index in [9.17, 15) is 0 Å². The van der Waals surface area contributed by atoms with Crippen molar-refractivity contribution in [2.45, 2.75) is 77.5 Å². The van der Waals surface area contributed by atoms with E-state index in [1.165, 1.54) is 44.9 Å². The second-order valence-corrected chi connectivity index (χ2v) is 5.22. The average molecular weight is 257 g/mol. The van der Waals surface area contributed by atoms with Gasteiger partial charge in [0.15, 0.2) is 6.29 Å². The van der Waals surface area contributed by atoms with E-state index in [0.29, 0.717) is 6.04 Å². The van der Waals surface area contributed by atoms with E-state index in [1.54, 1.807) is 0 Å². The standard InChI is InChI=1S/C15H31NO2/c1-3-5-6-7-8-9-10-14(16-4-2)13-15-17-11-12-18-15/h14-16H,3-13H2,1-2H3. The number of rotatable bonds is 11. The molecule has 3 heteroatoms. The summed E-state index contributed by atoms with van der Waals surface area (Å²) >= 11 is 0. The molecule has 0 bridgehead atoms. The van der Waals surface area contributed by atoms with E-state index in [1.807, 2.05) is 0 Å². The van der Waals surface area contributed by atoms with Crippen LogP contribution in [0, 0.1) is 0 Å². The van der Waals surface area contributed by atoms with Gasteiger partial charge in [0.2, 0.25) is 0 Å². The summed E-state index contributed by atoms with van der Waals surface area (Å²) in [6.07, 6.45) is 10.5. The van der Waals surface area contributed by atoms with Crippen molar-refractivity contribution in [2.24, 2.45) is 0 Å². The molecule has 0 aliphatic carbocycles. The van der Waals surface area contributed by atoms with E-state index in [4.69, 9.17) is 9.47 Å². The van der Waals surface area contributed by atoms with E-state index in [0.717, 1.165) is 26.2 Å². The van der Waals surface area contributed by atoms with Gasteiger partial charge >= 0.3 is 0 Å². The smallest absolute Gasteiger partial charge is 0.159 e. The van der Waals surface area contributed by atoms with Crippen molar-refractivity contribution >= 4 is 0 Å². The Balaban J connectivity index is 2.05. The van der Waals surface area contributed by atoms with Crippen LogP contribution in [0.3, 0.4) is 0 Å². The topological polar surface area (TPSA) is 30.5 Å². The highest BCUT2D eigenvalue weighted by atomic mass is 16.7. The monoisotopic (exact) mass is 257 g/mol. The van der Waals surface area contributed by atoms with E-state index in [2.05, 4.69) is 19.2 Å². The van der Waals surface area contributed by atoms with Gasteiger partial charge in [-0.3, -0.25) is 0 Å². The van der Waals surface area contributed by atoms with Gasteiger partial charge in [0, 0.05) is 12.5 Å². The average Bonchev–Trinajstić information content (AvgIpc) is 2.86. The highest BCUT2D eigenvalue weighted by molar-refractivity contribution is 4.69. The molecule has 1 aliphatic rings. The Hall–Kier alpha value is -0.120. The lowest BCUT2D eigenvalue weighted by Crippen LogP contribution is -2.33. The van der Waals surface area contributed by atoms with Crippen LogP contribution in [0.4, 0.5) is 0 Å². The molecule has 0 radical (unpaired) electrons. The van der Waals surface area contributed by atoms with Gasteiger partial charge in [-0.15, -0.1) is 0 Å². The second kappa shape index (κ2) is 10.8. The zero-order chi connectivity index (χ0) is 13.1. The molecule has 1 saturated heterocycles. The first-order chi connectivity index (χ1) is 8.86. The summed E-state index contributed by atoms with van der Waals surface area (Å²) in [7, 11) is 0. The molecule has 1 unspecified atom stereocenters. The molecule has 0 aromatic rings. The van der Waals surface area contributed by atoms with Crippen LogP contribution in [-0.2, 0) is 9.47 Å². The first kappa shape index (κ1) is 15.9. The van der Waals surface area contributed by atoms with Crippen LogP contribution in [0.2, 0.25) is 0 Å². The van der Waals surface area contributed by atoms with Crippen molar-refractivity contribution < 1.29 is 9.47 Å². The molecule has 1 N–H and O–H groups in total. The van der Waals surface area contributed by atoms with Crippen LogP contribution >= 0.6 is 0 Å². The van der Waals surface area contributed by atoms with Crippen molar-refractivity contribution in [3.8, 4) is 0 Å². The van der Waals surface area contributed by atoms with Gasteiger partial charge in [-0.25, -0.2) is 0 Å². The summed E-state index contributed by atoms with van der Waals surface area (Å²) < 4.78 is 11.1. The lowest BCUT2D eigenvalue weighted by atomic mass is 10.0. The molecule has 1 atom stereocenters. The molecule has 0 saturated carbocycles. The molecule has 1 heterocycles. The van der Waals surface area contributed by atoms with Crippen molar-refractivity contribution in [2.75, 3.05) is 19.8 Å². The molecule has 1 fully saturated rings. The minimum atomic E-state index is 0.0362. The lowest BCUT2D eigenvalue weighted by molar-refractivity contribution is -0.0531. The summed E-state index contributed by atoms with van der Waals surface area (Å²) in [5.41, 5.74) is 0. The van der Waals surface area contributed by atoms with E-state index >= 15 is 0 Å². The SMILES string of the molecule is CCCCCCCCC(CC1OCCO1)NCC. The van der Waals surface area contributed by atoms with E-state index in [-0.39, 0.29) is 6.29 Å². The Morgan fingerprint density at radius 1 is 1.00 bits per heavy atom. The number of hydrogen-bond donors (Lipinski definition) is 1. The number of unbranched alkanes of at least 4 members (excludes halogenated alkanes) is 5. The predicted molar refractivity (Wildman–Crippen MR) is 75.8 cm³/mol. The zero-order valence-corrected chi connectivity index (χ0v) is 12.2. The van der Waals surface area contributed by atoms with Crippen molar-refractivity contribution in [1.29, 1.82) is 0 Å². The minimum absolute atomic E-state index is 0.0362. The second-order valence-electron chi connectivity index (χ2n) is 5.22. The Bertz CT molecular complexity index is 181. The normalized spacial score (nSPS) is 18.3. The van der Waals surface area contributed by atoms with Crippen LogP contribution in [0.15, 0.2) is 0 Å². The fraction of sp³-hybridized carbons (Fsp3) is 1.00. The van der Waals surface area contributed by atoms with Crippen LogP contribution in [0.25, 0.3) is 0 Å². The first-order valence-electron chi connectivity index (χ1n) is 7.83. The van der Waals surface area contributed by atoms with Gasteiger partial charge in [-0.1, -0.05) is 52.4 Å². The van der Waals surface area contributed by atoms with Crippen LogP contribution < -0.4 is 5.32 Å². The minimum Gasteiger partial charge on any atom is -0.350 e. The molecule has 0 spiro atoms. The fourth-order valence-electron chi connectivity index (χ4n) is 2.54. The Kier molecular flexibility index (Phi) is 9.54. The third kappa shape index (κ3) is 7.34.